The fourth-order valence-corrected chi connectivity index (χ4v) is 3.80. The monoisotopic (exact) mass is 307 g/mol. The molecule has 2 heterocycles. The van der Waals surface area contributed by atoms with E-state index in [9.17, 15) is 9.50 Å². The third-order valence-corrected chi connectivity index (χ3v) is 4.95. The maximum absolute atomic E-state index is 13.9. The molecule has 4 nitrogen and oxygen atoms in total. The standard InChI is InChI=1S/C15H18FN3OS/c16-13-4-2-1-3-12(13)14-11(8-18-19-14)7-17-9-15(20)5-6-21-10-15/h1-4,8,17,20H,5-7,9-10H2,(H,18,19). The number of rotatable bonds is 5. The second-order valence-electron chi connectivity index (χ2n) is 5.38. The van der Waals surface area contributed by atoms with Gasteiger partial charge >= 0.3 is 0 Å². The molecule has 0 spiro atoms. The lowest BCUT2D eigenvalue weighted by Crippen LogP contribution is -2.40. The van der Waals surface area contributed by atoms with Crippen molar-refractivity contribution in [2.24, 2.45) is 0 Å². The number of aliphatic hydroxyl groups is 1. The number of H-pyrrole nitrogens is 1. The van der Waals surface area contributed by atoms with E-state index in [-0.39, 0.29) is 5.82 Å². The molecule has 1 saturated heterocycles. The van der Waals surface area contributed by atoms with Gasteiger partial charge < -0.3 is 10.4 Å². The highest BCUT2D eigenvalue weighted by Crippen LogP contribution is 2.27. The van der Waals surface area contributed by atoms with Crippen LogP contribution in [-0.4, -0.2) is 39.0 Å². The van der Waals surface area contributed by atoms with E-state index in [2.05, 4.69) is 15.5 Å². The van der Waals surface area contributed by atoms with E-state index in [1.54, 1.807) is 36.2 Å². The summed E-state index contributed by atoms with van der Waals surface area (Å²) in [6.45, 7) is 1.09. The van der Waals surface area contributed by atoms with E-state index in [0.29, 0.717) is 24.3 Å². The van der Waals surface area contributed by atoms with Gasteiger partial charge in [0.1, 0.15) is 5.82 Å². The fraction of sp³-hybridized carbons (Fsp3) is 0.400. The molecule has 6 heteroatoms. The molecular formula is C15H18FN3OS. The highest BCUT2D eigenvalue weighted by atomic mass is 32.2. The maximum atomic E-state index is 13.9. The molecule has 0 aliphatic carbocycles. The van der Waals surface area contributed by atoms with Crippen LogP contribution in [0.25, 0.3) is 11.3 Å². The van der Waals surface area contributed by atoms with Gasteiger partial charge in [0.05, 0.1) is 17.5 Å². The van der Waals surface area contributed by atoms with Gasteiger partial charge in [-0.05, 0) is 24.3 Å². The Morgan fingerprint density at radius 1 is 1.43 bits per heavy atom. The van der Waals surface area contributed by atoms with E-state index in [0.717, 1.165) is 23.5 Å². The molecule has 0 bridgehead atoms. The Hall–Kier alpha value is -1.37. The molecule has 0 radical (unpaired) electrons. The molecule has 1 aliphatic heterocycles. The lowest BCUT2D eigenvalue weighted by atomic mass is 10.0. The number of halogens is 1. The Kier molecular flexibility index (Phi) is 4.28. The average Bonchev–Trinajstić information content (AvgIpc) is 3.09. The first-order valence-electron chi connectivity index (χ1n) is 6.96. The smallest absolute Gasteiger partial charge is 0.132 e. The van der Waals surface area contributed by atoms with Crippen molar-refractivity contribution in [1.29, 1.82) is 0 Å². The highest BCUT2D eigenvalue weighted by Gasteiger charge is 2.31. The summed E-state index contributed by atoms with van der Waals surface area (Å²) >= 11 is 1.77. The molecule has 112 valence electrons. The predicted octanol–water partition coefficient (Wildman–Crippen LogP) is 2.17. The molecule has 1 aliphatic rings. The van der Waals surface area contributed by atoms with Gasteiger partial charge in [0.2, 0.25) is 0 Å². The van der Waals surface area contributed by atoms with Gasteiger partial charge in [-0.3, -0.25) is 5.10 Å². The van der Waals surface area contributed by atoms with Gasteiger partial charge in [-0.25, -0.2) is 4.39 Å². The summed E-state index contributed by atoms with van der Waals surface area (Å²) in [7, 11) is 0. The molecule has 1 fully saturated rings. The van der Waals surface area contributed by atoms with E-state index < -0.39 is 5.60 Å². The predicted molar refractivity (Wildman–Crippen MR) is 82.6 cm³/mol. The van der Waals surface area contributed by atoms with Gasteiger partial charge in [0.15, 0.2) is 0 Å². The van der Waals surface area contributed by atoms with Crippen LogP contribution in [0.4, 0.5) is 4.39 Å². The van der Waals surface area contributed by atoms with Crippen LogP contribution in [0.15, 0.2) is 30.5 Å². The maximum Gasteiger partial charge on any atom is 0.132 e. The second-order valence-corrected chi connectivity index (χ2v) is 6.49. The van der Waals surface area contributed by atoms with Crippen LogP contribution in [0.1, 0.15) is 12.0 Å². The minimum Gasteiger partial charge on any atom is -0.388 e. The Bertz CT molecular complexity index is 610. The van der Waals surface area contributed by atoms with Crippen LogP contribution in [0.5, 0.6) is 0 Å². The SMILES string of the molecule is OC1(CNCc2cn[nH]c2-c2ccccc2F)CCSC1. The van der Waals surface area contributed by atoms with Crippen LogP contribution >= 0.6 is 11.8 Å². The van der Waals surface area contributed by atoms with Gasteiger partial charge in [-0.2, -0.15) is 16.9 Å². The summed E-state index contributed by atoms with van der Waals surface area (Å²) < 4.78 is 13.9. The summed E-state index contributed by atoms with van der Waals surface area (Å²) in [5.41, 5.74) is 1.48. The van der Waals surface area contributed by atoms with Crippen LogP contribution in [-0.2, 0) is 6.54 Å². The number of benzene rings is 1. The molecule has 21 heavy (non-hydrogen) atoms. The number of aromatic nitrogens is 2. The van der Waals surface area contributed by atoms with E-state index >= 15 is 0 Å². The lowest BCUT2D eigenvalue weighted by Gasteiger charge is -2.21. The molecule has 2 aromatic rings. The van der Waals surface area contributed by atoms with E-state index in [1.165, 1.54) is 6.07 Å². The lowest BCUT2D eigenvalue weighted by molar-refractivity contribution is 0.0675. The summed E-state index contributed by atoms with van der Waals surface area (Å²) in [6, 6.07) is 6.63. The molecule has 1 aromatic carbocycles. The van der Waals surface area contributed by atoms with Crippen molar-refractivity contribution in [2.45, 2.75) is 18.6 Å². The Balaban J connectivity index is 1.67. The van der Waals surface area contributed by atoms with Crippen molar-refractivity contribution >= 4 is 11.8 Å². The van der Waals surface area contributed by atoms with Crippen LogP contribution in [0.3, 0.4) is 0 Å². The first kappa shape index (κ1) is 14.6. The third-order valence-electron chi connectivity index (χ3n) is 3.71. The van der Waals surface area contributed by atoms with Crippen molar-refractivity contribution in [1.82, 2.24) is 15.5 Å². The zero-order chi connectivity index (χ0) is 14.7. The second kappa shape index (κ2) is 6.17. The first-order valence-corrected chi connectivity index (χ1v) is 8.11. The summed E-state index contributed by atoms with van der Waals surface area (Å²) in [5, 5.41) is 20.4. The zero-order valence-corrected chi connectivity index (χ0v) is 12.4. The number of aromatic amines is 1. The van der Waals surface area contributed by atoms with Crippen molar-refractivity contribution in [3.63, 3.8) is 0 Å². The van der Waals surface area contributed by atoms with E-state index in [1.807, 2.05) is 0 Å². The minimum absolute atomic E-state index is 0.270. The van der Waals surface area contributed by atoms with Crippen molar-refractivity contribution in [2.75, 3.05) is 18.1 Å². The summed E-state index contributed by atoms with van der Waals surface area (Å²) in [5.74, 6) is 1.50. The fourth-order valence-electron chi connectivity index (χ4n) is 2.51. The van der Waals surface area contributed by atoms with Gasteiger partial charge in [-0.1, -0.05) is 12.1 Å². The molecule has 0 amide bonds. The third kappa shape index (κ3) is 3.28. The molecule has 1 aromatic heterocycles. The zero-order valence-electron chi connectivity index (χ0n) is 11.6. The largest absolute Gasteiger partial charge is 0.388 e. The molecule has 0 saturated carbocycles. The normalized spacial score (nSPS) is 21.8. The first-order chi connectivity index (χ1) is 10.2. The minimum atomic E-state index is -0.618. The van der Waals surface area contributed by atoms with Crippen molar-refractivity contribution in [3.05, 3.63) is 41.8 Å². The summed E-state index contributed by atoms with van der Waals surface area (Å²) in [6.07, 6.45) is 2.51. The molecule has 3 N–H and O–H groups in total. The molecular weight excluding hydrogens is 289 g/mol. The van der Waals surface area contributed by atoms with Crippen LogP contribution in [0.2, 0.25) is 0 Å². The Labute approximate surface area is 127 Å². The number of thioether (sulfide) groups is 1. The van der Waals surface area contributed by atoms with Gasteiger partial charge in [0.25, 0.3) is 0 Å². The molecule has 1 unspecified atom stereocenters. The van der Waals surface area contributed by atoms with E-state index in [4.69, 9.17) is 0 Å². The number of hydrogen-bond acceptors (Lipinski definition) is 4. The van der Waals surface area contributed by atoms with Crippen LogP contribution in [0, 0.1) is 5.82 Å². The molecule has 1 atom stereocenters. The Morgan fingerprint density at radius 2 is 2.29 bits per heavy atom. The van der Waals surface area contributed by atoms with Gasteiger partial charge in [-0.15, -0.1) is 0 Å². The van der Waals surface area contributed by atoms with Crippen LogP contribution < -0.4 is 5.32 Å². The van der Waals surface area contributed by atoms with Gasteiger partial charge in [0, 0.05) is 30.0 Å². The van der Waals surface area contributed by atoms with Crippen molar-refractivity contribution < 1.29 is 9.50 Å². The summed E-state index contributed by atoms with van der Waals surface area (Å²) in [4.78, 5) is 0. The number of nitrogens with one attached hydrogen (secondary N) is 2. The number of hydrogen-bond donors (Lipinski definition) is 3. The Morgan fingerprint density at radius 3 is 3.05 bits per heavy atom. The molecule has 3 rings (SSSR count). The number of nitrogens with zero attached hydrogens (tertiary/aromatic N) is 1. The average molecular weight is 307 g/mol. The van der Waals surface area contributed by atoms with Crippen molar-refractivity contribution in [3.8, 4) is 11.3 Å². The topological polar surface area (TPSA) is 60.9 Å². The highest BCUT2D eigenvalue weighted by molar-refractivity contribution is 7.99. The quantitative estimate of drug-likeness (QED) is 0.792.